The first-order valence-electron chi connectivity index (χ1n) is 6.18. The molecule has 4 heteroatoms. The van der Waals surface area contributed by atoms with Crippen molar-refractivity contribution in [1.29, 1.82) is 0 Å². The molecule has 0 aliphatic carbocycles. The highest BCUT2D eigenvalue weighted by Gasteiger charge is 2.16. The number of aliphatic hydroxyl groups is 1. The fraction of sp³-hybridized carbons (Fsp3) is 0.267. The Morgan fingerprint density at radius 2 is 2.00 bits per heavy atom. The van der Waals surface area contributed by atoms with Crippen LogP contribution < -0.4 is 0 Å². The summed E-state index contributed by atoms with van der Waals surface area (Å²) in [5, 5.41) is 10.3. The highest BCUT2D eigenvalue weighted by Crippen LogP contribution is 2.24. The van der Waals surface area contributed by atoms with Gasteiger partial charge in [0, 0.05) is 12.6 Å². The quantitative estimate of drug-likeness (QED) is 0.925. The molecule has 0 bridgehead atoms. The van der Waals surface area contributed by atoms with Gasteiger partial charge in [0.2, 0.25) is 0 Å². The molecule has 0 fully saturated rings. The summed E-state index contributed by atoms with van der Waals surface area (Å²) in [7, 11) is 0. The lowest BCUT2D eigenvalue weighted by atomic mass is 10.0. The van der Waals surface area contributed by atoms with Gasteiger partial charge >= 0.3 is 0 Å². The lowest BCUT2D eigenvalue weighted by molar-refractivity contribution is 0.171. The molecule has 1 N–H and O–H groups in total. The fourth-order valence-corrected chi connectivity index (χ4v) is 2.26. The topological polar surface area (TPSA) is 33.1 Å². The van der Waals surface area contributed by atoms with Gasteiger partial charge in [-0.2, -0.15) is 0 Å². The normalized spacial score (nSPS) is 12.4. The van der Waals surface area contributed by atoms with E-state index < -0.39 is 11.9 Å². The minimum Gasteiger partial charge on any atom is -0.386 e. The number of aryl methyl sites for hydroxylation is 1. The molecule has 19 heavy (non-hydrogen) atoms. The Morgan fingerprint density at radius 3 is 2.74 bits per heavy atom. The van der Waals surface area contributed by atoms with Gasteiger partial charge in [-0.05, 0) is 29.7 Å². The molecule has 1 aromatic heterocycles. The van der Waals surface area contributed by atoms with Crippen molar-refractivity contribution in [2.24, 2.45) is 0 Å². The van der Waals surface area contributed by atoms with Gasteiger partial charge in [0.1, 0.15) is 11.9 Å². The van der Waals surface area contributed by atoms with Crippen LogP contribution in [-0.2, 0) is 12.8 Å². The van der Waals surface area contributed by atoms with Gasteiger partial charge in [0.15, 0.2) is 0 Å². The zero-order chi connectivity index (χ0) is 13.8. The number of hydrogen-bond acceptors (Lipinski definition) is 2. The molecule has 1 unspecified atom stereocenters. The predicted molar refractivity (Wildman–Crippen MR) is 73.7 cm³/mol. The molecule has 1 aromatic carbocycles. The maximum absolute atomic E-state index is 13.8. The van der Waals surface area contributed by atoms with Crippen LogP contribution in [0.15, 0.2) is 36.5 Å². The summed E-state index contributed by atoms with van der Waals surface area (Å²) >= 11 is 5.73. The Bertz CT molecular complexity index is 574. The van der Waals surface area contributed by atoms with Crippen molar-refractivity contribution in [3.8, 4) is 0 Å². The monoisotopic (exact) mass is 279 g/mol. The smallest absolute Gasteiger partial charge is 0.145 e. The van der Waals surface area contributed by atoms with Gasteiger partial charge in [-0.25, -0.2) is 4.39 Å². The van der Waals surface area contributed by atoms with Crippen LogP contribution in [0.1, 0.15) is 29.8 Å². The number of benzene rings is 1. The third-order valence-corrected chi connectivity index (χ3v) is 3.36. The van der Waals surface area contributed by atoms with Crippen molar-refractivity contribution in [2.75, 3.05) is 0 Å². The van der Waals surface area contributed by atoms with Crippen LogP contribution in [-0.4, -0.2) is 10.1 Å². The number of halogens is 2. The van der Waals surface area contributed by atoms with E-state index in [1.807, 2.05) is 19.1 Å². The Hall–Kier alpha value is -1.45. The van der Waals surface area contributed by atoms with Crippen LogP contribution >= 0.6 is 11.6 Å². The second kappa shape index (κ2) is 6.13. The molecule has 2 aromatic rings. The number of rotatable bonds is 4. The first-order chi connectivity index (χ1) is 9.13. The van der Waals surface area contributed by atoms with Gasteiger partial charge in [-0.15, -0.1) is 0 Å². The minimum absolute atomic E-state index is 0.0708. The summed E-state index contributed by atoms with van der Waals surface area (Å²) in [6.45, 7) is 1.99. The van der Waals surface area contributed by atoms with E-state index >= 15 is 0 Å². The van der Waals surface area contributed by atoms with E-state index in [2.05, 4.69) is 4.98 Å². The van der Waals surface area contributed by atoms with Gasteiger partial charge < -0.3 is 5.11 Å². The molecule has 1 heterocycles. The van der Waals surface area contributed by atoms with Crippen molar-refractivity contribution in [3.05, 3.63) is 64.2 Å². The van der Waals surface area contributed by atoms with Crippen molar-refractivity contribution in [3.63, 3.8) is 0 Å². The van der Waals surface area contributed by atoms with Crippen LogP contribution in [0.3, 0.4) is 0 Å². The average molecular weight is 280 g/mol. The maximum atomic E-state index is 13.8. The van der Waals surface area contributed by atoms with Crippen LogP contribution in [0, 0.1) is 5.82 Å². The Balaban J connectivity index is 2.26. The molecule has 0 amide bonds. The first kappa shape index (κ1) is 14.0. The van der Waals surface area contributed by atoms with Gasteiger partial charge in [0.25, 0.3) is 0 Å². The lowest BCUT2D eigenvalue weighted by Crippen LogP contribution is -2.08. The van der Waals surface area contributed by atoms with Crippen LogP contribution in [0.25, 0.3) is 0 Å². The molecule has 1 atom stereocenters. The Morgan fingerprint density at radius 1 is 1.26 bits per heavy atom. The molecule has 0 aliphatic rings. The predicted octanol–water partition coefficient (Wildman–Crippen LogP) is 3.71. The second-order valence-corrected chi connectivity index (χ2v) is 4.74. The summed E-state index contributed by atoms with van der Waals surface area (Å²) < 4.78 is 13.8. The summed E-state index contributed by atoms with van der Waals surface area (Å²) in [4.78, 5) is 4.19. The van der Waals surface area contributed by atoms with E-state index in [9.17, 15) is 9.50 Å². The SMILES string of the molecule is CCc1cccnc1C(O)Cc1cccc(Cl)c1F. The highest BCUT2D eigenvalue weighted by molar-refractivity contribution is 6.30. The number of nitrogens with zero attached hydrogens (tertiary/aromatic N) is 1. The zero-order valence-corrected chi connectivity index (χ0v) is 11.4. The summed E-state index contributed by atoms with van der Waals surface area (Å²) in [6, 6.07) is 8.53. The first-order valence-corrected chi connectivity index (χ1v) is 6.56. The Labute approximate surface area is 116 Å². The molecule has 0 saturated carbocycles. The zero-order valence-electron chi connectivity index (χ0n) is 10.6. The summed E-state index contributed by atoms with van der Waals surface area (Å²) in [6.07, 6.45) is 1.74. The molecule has 2 nitrogen and oxygen atoms in total. The molecule has 0 saturated heterocycles. The second-order valence-electron chi connectivity index (χ2n) is 4.33. The fourth-order valence-electron chi connectivity index (χ4n) is 2.06. The molecule has 0 aliphatic heterocycles. The maximum Gasteiger partial charge on any atom is 0.145 e. The van der Waals surface area contributed by atoms with E-state index in [0.717, 1.165) is 12.0 Å². The van der Waals surface area contributed by atoms with E-state index in [0.29, 0.717) is 11.3 Å². The molecule has 100 valence electrons. The third-order valence-electron chi connectivity index (χ3n) is 3.07. The minimum atomic E-state index is -0.830. The van der Waals surface area contributed by atoms with E-state index in [1.165, 1.54) is 6.07 Å². The Kier molecular flexibility index (Phi) is 4.51. The third kappa shape index (κ3) is 3.11. The molecule has 2 rings (SSSR count). The number of aromatic nitrogens is 1. The highest BCUT2D eigenvalue weighted by atomic mass is 35.5. The molecule has 0 radical (unpaired) electrons. The van der Waals surface area contributed by atoms with Gasteiger partial charge in [0.05, 0.1) is 10.7 Å². The van der Waals surface area contributed by atoms with Gasteiger partial charge in [-0.3, -0.25) is 4.98 Å². The van der Waals surface area contributed by atoms with Crippen molar-refractivity contribution >= 4 is 11.6 Å². The van der Waals surface area contributed by atoms with Gasteiger partial charge in [-0.1, -0.05) is 36.7 Å². The van der Waals surface area contributed by atoms with Crippen molar-refractivity contribution in [1.82, 2.24) is 4.98 Å². The van der Waals surface area contributed by atoms with E-state index in [1.54, 1.807) is 18.3 Å². The van der Waals surface area contributed by atoms with Crippen molar-refractivity contribution in [2.45, 2.75) is 25.9 Å². The molecular formula is C15H15ClFNO. The average Bonchev–Trinajstić information content (AvgIpc) is 2.43. The summed E-state index contributed by atoms with van der Waals surface area (Å²) in [5.41, 5.74) is 1.97. The van der Waals surface area contributed by atoms with Crippen molar-refractivity contribution < 1.29 is 9.50 Å². The standard InChI is InChI=1S/C15H15ClFNO/c1-2-10-6-4-8-18-15(10)13(19)9-11-5-3-7-12(16)14(11)17/h3-8,13,19H,2,9H2,1H3. The summed E-state index contributed by atoms with van der Waals surface area (Å²) in [5.74, 6) is -0.475. The molecular weight excluding hydrogens is 265 g/mol. The van der Waals surface area contributed by atoms with E-state index in [4.69, 9.17) is 11.6 Å². The number of aliphatic hydroxyl groups excluding tert-OH is 1. The van der Waals surface area contributed by atoms with Crippen LogP contribution in [0.5, 0.6) is 0 Å². The number of pyridine rings is 1. The lowest BCUT2D eigenvalue weighted by Gasteiger charge is -2.14. The number of hydrogen-bond donors (Lipinski definition) is 1. The van der Waals surface area contributed by atoms with E-state index in [-0.39, 0.29) is 11.4 Å². The molecule has 0 spiro atoms. The van der Waals surface area contributed by atoms with Crippen LogP contribution in [0.2, 0.25) is 5.02 Å². The van der Waals surface area contributed by atoms with Crippen LogP contribution in [0.4, 0.5) is 4.39 Å². The largest absolute Gasteiger partial charge is 0.386 e.